The van der Waals surface area contributed by atoms with E-state index in [2.05, 4.69) is 10.2 Å². The molecule has 0 saturated carbocycles. The highest BCUT2D eigenvalue weighted by Crippen LogP contribution is 2.32. The normalized spacial score (nSPS) is 13.5. The van der Waals surface area contributed by atoms with Crippen LogP contribution >= 0.6 is 0 Å². The van der Waals surface area contributed by atoms with Gasteiger partial charge < -0.3 is 9.64 Å². The van der Waals surface area contributed by atoms with Crippen LogP contribution in [0, 0.1) is 17.5 Å². The maximum atomic E-state index is 13.8. The lowest BCUT2D eigenvalue weighted by Crippen LogP contribution is -2.35. The summed E-state index contributed by atoms with van der Waals surface area (Å²) in [6.07, 6.45) is 3.67. The highest BCUT2D eigenvalue weighted by Gasteiger charge is 2.29. The lowest BCUT2D eigenvalue weighted by molar-refractivity contribution is 0.0734. The number of amides is 1. The van der Waals surface area contributed by atoms with Crippen LogP contribution in [-0.4, -0.2) is 43.9 Å². The van der Waals surface area contributed by atoms with E-state index in [1.807, 2.05) is 0 Å². The van der Waals surface area contributed by atoms with Crippen molar-refractivity contribution in [1.82, 2.24) is 24.3 Å². The van der Waals surface area contributed by atoms with Crippen LogP contribution in [0.25, 0.3) is 16.8 Å². The molecule has 164 valence electrons. The minimum Gasteiger partial charge on any atom is -0.497 e. The first-order valence-electron chi connectivity index (χ1n) is 9.87. The Bertz CT molecular complexity index is 1350. The highest BCUT2D eigenvalue weighted by atomic mass is 19.2. The van der Waals surface area contributed by atoms with E-state index in [4.69, 9.17) is 4.74 Å². The molecule has 0 saturated heterocycles. The van der Waals surface area contributed by atoms with Crippen molar-refractivity contribution in [2.45, 2.75) is 13.0 Å². The molecule has 32 heavy (non-hydrogen) atoms. The van der Waals surface area contributed by atoms with Crippen molar-refractivity contribution in [3.63, 3.8) is 0 Å². The second kappa shape index (κ2) is 7.40. The molecule has 1 aliphatic rings. The zero-order chi connectivity index (χ0) is 22.6. The molecule has 0 bridgehead atoms. The summed E-state index contributed by atoms with van der Waals surface area (Å²) in [6, 6.07) is 5.41. The molecule has 4 heterocycles. The Morgan fingerprint density at radius 2 is 1.91 bits per heavy atom. The molecule has 4 aromatic rings. The van der Waals surface area contributed by atoms with E-state index in [1.54, 1.807) is 41.9 Å². The number of rotatable bonds is 3. The number of aromatic nitrogens is 4. The number of hydrogen-bond donors (Lipinski definition) is 0. The van der Waals surface area contributed by atoms with E-state index in [0.29, 0.717) is 41.2 Å². The zero-order valence-corrected chi connectivity index (χ0v) is 17.3. The van der Waals surface area contributed by atoms with Crippen molar-refractivity contribution in [3.05, 3.63) is 70.9 Å². The molecular weight excluding hydrogens is 423 g/mol. The monoisotopic (exact) mass is 441 g/mol. The molecule has 10 heteroatoms. The van der Waals surface area contributed by atoms with Gasteiger partial charge in [-0.05, 0) is 24.6 Å². The number of aryl methyl sites for hydroxylation is 1. The van der Waals surface area contributed by atoms with Crippen LogP contribution in [-0.2, 0) is 20.0 Å². The van der Waals surface area contributed by atoms with E-state index in [9.17, 15) is 18.0 Å². The van der Waals surface area contributed by atoms with Gasteiger partial charge in [-0.15, -0.1) is 0 Å². The molecule has 7 nitrogen and oxygen atoms in total. The van der Waals surface area contributed by atoms with Gasteiger partial charge in [-0.2, -0.15) is 10.2 Å². The second-order valence-corrected chi connectivity index (χ2v) is 7.58. The quantitative estimate of drug-likeness (QED) is 0.458. The molecule has 0 radical (unpaired) electrons. The summed E-state index contributed by atoms with van der Waals surface area (Å²) in [7, 11) is 3.20. The third-order valence-corrected chi connectivity index (χ3v) is 5.70. The number of fused-ring (bicyclic) bond motifs is 2. The van der Waals surface area contributed by atoms with Gasteiger partial charge in [0.15, 0.2) is 17.5 Å². The summed E-state index contributed by atoms with van der Waals surface area (Å²) >= 11 is 0. The molecule has 1 amide bonds. The van der Waals surface area contributed by atoms with Gasteiger partial charge in [0, 0.05) is 37.0 Å². The summed E-state index contributed by atoms with van der Waals surface area (Å²) < 4.78 is 49.3. The first-order valence-corrected chi connectivity index (χ1v) is 9.87. The Kier molecular flexibility index (Phi) is 4.65. The number of pyridine rings is 1. The van der Waals surface area contributed by atoms with Crippen molar-refractivity contribution in [2.24, 2.45) is 7.05 Å². The van der Waals surface area contributed by atoms with E-state index in [-0.39, 0.29) is 18.0 Å². The number of benzene rings is 1. The Morgan fingerprint density at radius 3 is 2.62 bits per heavy atom. The zero-order valence-electron chi connectivity index (χ0n) is 17.3. The summed E-state index contributed by atoms with van der Waals surface area (Å²) in [6.45, 7) is 0.619. The fourth-order valence-electron chi connectivity index (χ4n) is 4.17. The molecule has 0 spiro atoms. The summed E-state index contributed by atoms with van der Waals surface area (Å²) in [5.74, 6) is -3.62. The van der Waals surface area contributed by atoms with Crippen LogP contribution in [0.2, 0.25) is 0 Å². The lowest BCUT2D eigenvalue weighted by Gasteiger charge is -2.26. The number of ether oxygens (including phenoxy) is 1. The maximum Gasteiger partial charge on any atom is 0.258 e. The molecule has 5 rings (SSSR count). The standard InChI is InChI=1S/C22H18F3N5O2/c1-28-21(12-7-16(23)20(25)17(24)8-12)14-4-5-29(11-18(14)27-28)22(31)15-10-26-30-6-3-13(32-2)9-19(15)30/h3,6-10H,4-5,11H2,1-2H3. The van der Waals surface area contributed by atoms with Gasteiger partial charge in [-0.1, -0.05) is 0 Å². The first-order chi connectivity index (χ1) is 15.4. The molecule has 1 aliphatic heterocycles. The predicted molar refractivity (Wildman–Crippen MR) is 109 cm³/mol. The summed E-state index contributed by atoms with van der Waals surface area (Å²) in [5, 5.41) is 8.68. The Morgan fingerprint density at radius 1 is 1.16 bits per heavy atom. The third kappa shape index (κ3) is 3.10. The number of hydrogen-bond acceptors (Lipinski definition) is 4. The van der Waals surface area contributed by atoms with Gasteiger partial charge >= 0.3 is 0 Å². The van der Waals surface area contributed by atoms with Crippen molar-refractivity contribution in [1.29, 1.82) is 0 Å². The minimum absolute atomic E-state index is 0.201. The smallest absolute Gasteiger partial charge is 0.258 e. The topological polar surface area (TPSA) is 64.7 Å². The molecule has 0 atom stereocenters. The van der Waals surface area contributed by atoms with Gasteiger partial charge in [0.1, 0.15) is 5.75 Å². The number of halogens is 3. The molecule has 0 fully saturated rings. The highest BCUT2D eigenvalue weighted by molar-refractivity contribution is 6.00. The van der Waals surface area contributed by atoms with E-state index in [1.165, 1.54) is 10.9 Å². The fourth-order valence-corrected chi connectivity index (χ4v) is 4.17. The lowest BCUT2D eigenvalue weighted by atomic mass is 9.99. The molecule has 0 aliphatic carbocycles. The van der Waals surface area contributed by atoms with Crippen LogP contribution in [0.3, 0.4) is 0 Å². The first kappa shape index (κ1) is 20.1. The predicted octanol–water partition coefficient (Wildman–Crippen LogP) is 3.36. The Hall–Kier alpha value is -3.82. The Labute approximate surface area is 180 Å². The van der Waals surface area contributed by atoms with Crippen molar-refractivity contribution in [2.75, 3.05) is 13.7 Å². The average molecular weight is 441 g/mol. The summed E-state index contributed by atoms with van der Waals surface area (Å²) in [5.41, 5.74) is 3.17. The van der Waals surface area contributed by atoms with E-state index < -0.39 is 17.5 Å². The molecule has 1 aromatic carbocycles. The van der Waals surface area contributed by atoms with Crippen molar-refractivity contribution >= 4 is 11.4 Å². The number of methoxy groups -OCH3 is 1. The average Bonchev–Trinajstić information content (AvgIpc) is 3.35. The number of carbonyl (C=O) groups is 1. The minimum atomic E-state index is -1.51. The van der Waals surface area contributed by atoms with Crippen LogP contribution in [0.5, 0.6) is 5.75 Å². The number of carbonyl (C=O) groups excluding carboxylic acids is 1. The van der Waals surface area contributed by atoms with E-state index >= 15 is 0 Å². The van der Waals surface area contributed by atoms with Gasteiger partial charge in [-0.3, -0.25) is 9.48 Å². The molecular formula is C22H18F3N5O2. The Balaban J connectivity index is 1.48. The van der Waals surface area contributed by atoms with Crippen LogP contribution in [0.4, 0.5) is 13.2 Å². The van der Waals surface area contributed by atoms with Crippen LogP contribution in [0.15, 0.2) is 36.7 Å². The molecule has 3 aromatic heterocycles. The fraction of sp³-hybridized carbons (Fsp3) is 0.227. The third-order valence-electron chi connectivity index (χ3n) is 5.70. The second-order valence-electron chi connectivity index (χ2n) is 7.58. The van der Waals surface area contributed by atoms with Gasteiger partial charge in [0.05, 0.1) is 42.3 Å². The van der Waals surface area contributed by atoms with Crippen LogP contribution in [0.1, 0.15) is 21.6 Å². The van der Waals surface area contributed by atoms with Crippen molar-refractivity contribution < 1.29 is 22.7 Å². The number of nitrogens with zero attached hydrogens (tertiary/aromatic N) is 5. The van der Waals surface area contributed by atoms with Gasteiger partial charge in [0.2, 0.25) is 0 Å². The maximum absolute atomic E-state index is 13.8. The molecule has 0 unspecified atom stereocenters. The molecule has 0 N–H and O–H groups in total. The largest absolute Gasteiger partial charge is 0.497 e. The van der Waals surface area contributed by atoms with E-state index in [0.717, 1.165) is 17.7 Å². The van der Waals surface area contributed by atoms with Gasteiger partial charge in [-0.25, -0.2) is 17.7 Å². The summed E-state index contributed by atoms with van der Waals surface area (Å²) in [4.78, 5) is 14.9. The van der Waals surface area contributed by atoms with Crippen LogP contribution < -0.4 is 4.74 Å². The SMILES string of the molecule is COc1ccn2ncc(C(=O)N3CCc4c(nn(C)c4-c4cc(F)c(F)c(F)c4)C3)c2c1. The van der Waals surface area contributed by atoms with Gasteiger partial charge in [0.25, 0.3) is 5.91 Å². The van der Waals surface area contributed by atoms with Crippen molar-refractivity contribution in [3.8, 4) is 17.0 Å².